The molecular weight excluding hydrogens is 312 g/mol. The van der Waals surface area contributed by atoms with Crippen molar-refractivity contribution in [3.05, 3.63) is 58.8 Å². The molecule has 0 saturated heterocycles. The van der Waals surface area contributed by atoms with Gasteiger partial charge in [-0.2, -0.15) is 5.10 Å². The summed E-state index contributed by atoms with van der Waals surface area (Å²) in [5.41, 5.74) is 1.60. The third kappa shape index (κ3) is 4.40. The van der Waals surface area contributed by atoms with Crippen molar-refractivity contribution >= 4 is 22.9 Å². The van der Waals surface area contributed by atoms with Gasteiger partial charge in [-0.05, 0) is 12.1 Å². The monoisotopic (exact) mass is 328 g/mol. The summed E-state index contributed by atoms with van der Waals surface area (Å²) in [6.07, 6.45) is 3.40. The smallest absolute Gasteiger partial charge is 0.221 e. The maximum Gasteiger partial charge on any atom is 0.221 e. The van der Waals surface area contributed by atoms with Crippen molar-refractivity contribution in [3.63, 3.8) is 0 Å². The third-order valence-corrected chi connectivity index (χ3v) is 3.85. The quantitative estimate of drug-likeness (QED) is 0.755. The van der Waals surface area contributed by atoms with Crippen LogP contribution in [0, 0.1) is 0 Å². The molecule has 0 unspecified atom stereocenters. The largest absolute Gasteiger partial charge is 0.486 e. The lowest BCUT2D eigenvalue weighted by molar-refractivity contribution is -0.114. The number of rotatable bonds is 6. The normalized spacial score (nSPS) is 10.5. The Bertz CT molecular complexity index is 782. The Morgan fingerprint density at radius 1 is 1.35 bits per heavy atom. The Kier molecular flexibility index (Phi) is 4.68. The van der Waals surface area contributed by atoms with Crippen molar-refractivity contribution in [2.45, 2.75) is 20.1 Å². The number of nitrogens with one attached hydrogen (secondary N) is 1. The number of carbonyl (C=O) groups is 1. The van der Waals surface area contributed by atoms with Gasteiger partial charge in [0.2, 0.25) is 5.91 Å². The summed E-state index contributed by atoms with van der Waals surface area (Å²) in [6.45, 7) is 2.48. The van der Waals surface area contributed by atoms with Crippen LogP contribution in [0.25, 0.3) is 0 Å². The molecule has 3 aromatic rings. The Balaban J connectivity index is 1.56. The van der Waals surface area contributed by atoms with Gasteiger partial charge in [0.1, 0.15) is 17.4 Å². The molecule has 0 radical (unpaired) electrons. The molecule has 0 spiro atoms. The highest BCUT2D eigenvalue weighted by Crippen LogP contribution is 2.16. The van der Waals surface area contributed by atoms with E-state index in [9.17, 15) is 4.79 Å². The molecule has 7 heteroatoms. The number of amides is 1. The highest BCUT2D eigenvalue weighted by molar-refractivity contribution is 7.09. The molecule has 0 aliphatic heterocycles. The number of nitrogens with zero attached hydrogens (tertiary/aromatic N) is 3. The highest BCUT2D eigenvalue weighted by atomic mass is 32.1. The van der Waals surface area contributed by atoms with Crippen molar-refractivity contribution in [2.75, 3.05) is 5.32 Å². The Labute approximate surface area is 137 Å². The van der Waals surface area contributed by atoms with Crippen molar-refractivity contribution in [2.24, 2.45) is 0 Å². The topological polar surface area (TPSA) is 69.0 Å². The summed E-state index contributed by atoms with van der Waals surface area (Å²) in [5, 5.41) is 9.80. The number of hydrogen-bond acceptors (Lipinski definition) is 5. The first-order valence-electron chi connectivity index (χ1n) is 7.10. The molecule has 1 N–H and O–H groups in total. The summed E-state index contributed by atoms with van der Waals surface area (Å²) in [5.74, 6) is 0.717. The van der Waals surface area contributed by atoms with Gasteiger partial charge in [0.15, 0.2) is 0 Å². The summed E-state index contributed by atoms with van der Waals surface area (Å²) in [6, 6.07) is 9.66. The molecular formula is C16H16N4O2S. The number of aromatic nitrogens is 3. The minimum absolute atomic E-state index is 0.112. The molecule has 0 aliphatic rings. The molecule has 118 valence electrons. The van der Waals surface area contributed by atoms with E-state index < -0.39 is 0 Å². The first-order valence-corrected chi connectivity index (χ1v) is 7.98. The summed E-state index contributed by atoms with van der Waals surface area (Å²) in [4.78, 5) is 15.5. The number of ether oxygens (including phenoxy) is 1. The van der Waals surface area contributed by atoms with E-state index in [1.807, 2.05) is 35.7 Å². The minimum Gasteiger partial charge on any atom is -0.486 e. The van der Waals surface area contributed by atoms with Gasteiger partial charge < -0.3 is 10.1 Å². The molecule has 2 aromatic heterocycles. The lowest BCUT2D eigenvalue weighted by Gasteiger charge is -2.02. The molecule has 0 saturated carbocycles. The van der Waals surface area contributed by atoms with E-state index in [1.165, 1.54) is 6.92 Å². The van der Waals surface area contributed by atoms with Crippen molar-refractivity contribution < 1.29 is 9.53 Å². The van der Waals surface area contributed by atoms with Crippen LogP contribution in [0.5, 0.6) is 5.75 Å². The van der Waals surface area contributed by atoms with E-state index in [1.54, 1.807) is 28.4 Å². The SMILES string of the molecule is CC(=O)Nc1cnn(Cc2csc(COc3ccccc3)n2)c1. The van der Waals surface area contributed by atoms with Gasteiger partial charge in [-0.15, -0.1) is 11.3 Å². The fraction of sp³-hybridized carbons (Fsp3) is 0.188. The van der Waals surface area contributed by atoms with Crippen LogP contribution in [0.15, 0.2) is 48.1 Å². The molecule has 23 heavy (non-hydrogen) atoms. The number of para-hydroxylation sites is 1. The van der Waals surface area contributed by atoms with Gasteiger partial charge in [-0.3, -0.25) is 9.48 Å². The molecule has 0 fully saturated rings. The third-order valence-electron chi connectivity index (χ3n) is 2.98. The predicted molar refractivity (Wildman–Crippen MR) is 88.5 cm³/mol. The van der Waals surface area contributed by atoms with E-state index in [4.69, 9.17) is 4.74 Å². The van der Waals surface area contributed by atoms with Gasteiger partial charge in [-0.1, -0.05) is 18.2 Å². The van der Waals surface area contributed by atoms with Gasteiger partial charge in [0, 0.05) is 18.5 Å². The number of thiazole rings is 1. The minimum atomic E-state index is -0.112. The maximum atomic E-state index is 11.0. The predicted octanol–water partition coefficient (Wildman–Crippen LogP) is 2.93. The van der Waals surface area contributed by atoms with Crippen LogP contribution in [0.1, 0.15) is 17.6 Å². The van der Waals surface area contributed by atoms with Crippen LogP contribution >= 0.6 is 11.3 Å². The lowest BCUT2D eigenvalue weighted by Crippen LogP contribution is -2.05. The Hall–Kier alpha value is -2.67. The molecule has 0 atom stereocenters. The van der Waals surface area contributed by atoms with Gasteiger partial charge in [0.25, 0.3) is 0 Å². The number of benzene rings is 1. The zero-order chi connectivity index (χ0) is 16.1. The average Bonchev–Trinajstić information content (AvgIpc) is 3.16. The second kappa shape index (κ2) is 7.06. The summed E-state index contributed by atoms with van der Waals surface area (Å²) >= 11 is 1.56. The van der Waals surface area contributed by atoms with Gasteiger partial charge in [0.05, 0.1) is 24.1 Å². The van der Waals surface area contributed by atoms with E-state index in [2.05, 4.69) is 15.4 Å². The Morgan fingerprint density at radius 2 is 2.17 bits per heavy atom. The molecule has 1 amide bonds. The first-order chi connectivity index (χ1) is 11.2. The first kappa shape index (κ1) is 15.2. The molecule has 0 bridgehead atoms. The zero-order valence-electron chi connectivity index (χ0n) is 12.6. The van der Waals surface area contributed by atoms with E-state index in [0.29, 0.717) is 18.8 Å². The number of carbonyl (C=O) groups excluding carboxylic acids is 1. The molecule has 0 aliphatic carbocycles. The van der Waals surface area contributed by atoms with Crippen LogP contribution < -0.4 is 10.1 Å². The fourth-order valence-corrected chi connectivity index (χ4v) is 2.73. The Morgan fingerprint density at radius 3 is 2.96 bits per heavy atom. The standard InChI is InChI=1S/C16H16N4O2S/c1-12(21)18-13-7-17-20(8-13)9-14-11-23-16(19-14)10-22-15-5-3-2-4-6-15/h2-8,11H,9-10H2,1H3,(H,18,21). The van der Waals surface area contributed by atoms with Crippen molar-refractivity contribution in [3.8, 4) is 5.75 Å². The summed E-state index contributed by atoms with van der Waals surface area (Å²) in [7, 11) is 0. The van der Waals surface area contributed by atoms with E-state index >= 15 is 0 Å². The van der Waals surface area contributed by atoms with E-state index in [0.717, 1.165) is 16.5 Å². The maximum absolute atomic E-state index is 11.0. The number of hydrogen-bond donors (Lipinski definition) is 1. The van der Waals surface area contributed by atoms with Gasteiger partial charge >= 0.3 is 0 Å². The second-order valence-corrected chi connectivity index (χ2v) is 5.88. The van der Waals surface area contributed by atoms with Crippen molar-refractivity contribution in [1.29, 1.82) is 0 Å². The van der Waals surface area contributed by atoms with E-state index in [-0.39, 0.29) is 5.91 Å². The molecule has 3 rings (SSSR count). The molecule has 6 nitrogen and oxygen atoms in total. The summed E-state index contributed by atoms with van der Waals surface area (Å²) < 4.78 is 7.42. The van der Waals surface area contributed by atoms with Crippen LogP contribution in [-0.2, 0) is 17.9 Å². The van der Waals surface area contributed by atoms with Crippen LogP contribution in [0.3, 0.4) is 0 Å². The lowest BCUT2D eigenvalue weighted by atomic mass is 10.3. The second-order valence-electron chi connectivity index (χ2n) is 4.94. The molecule has 2 heterocycles. The zero-order valence-corrected chi connectivity index (χ0v) is 13.4. The van der Waals surface area contributed by atoms with Crippen molar-refractivity contribution in [1.82, 2.24) is 14.8 Å². The van der Waals surface area contributed by atoms with Crippen LogP contribution in [-0.4, -0.2) is 20.7 Å². The number of anilines is 1. The van der Waals surface area contributed by atoms with Crippen LogP contribution in [0.4, 0.5) is 5.69 Å². The molecule has 1 aromatic carbocycles. The van der Waals surface area contributed by atoms with Gasteiger partial charge in [-0.25, -0.2) is 4.98 Å². The highest BCUT2D eigenvalue weighted by Gasteiger charge is 2.06. The fourth-order valence-electron chi connectivity index (χ4n) is 2.03. The van der Waals surface area contributed by atoms with Crippen LogP contribution in [0.2, 0.25) is 0 Å². The average molecular weight is 328 g/mol.